The van der Waals surface area contributed by atoms with Crippen LogP contribution < -0.4 is 11.1 Å². The maximum absolute atomic E-state index is 12.3. The van der Waals surface area contributed by atoms with Crippen molar-refractivity contribution in [2.45, 2.75) is 19.4 Å². The van der Waals surface area contributed by atoms with Gasteiger partial charge in [-0.2, -0.15) is 0 Å². The Balaban J connectivity index is 1.51. The van der Waals surface area contributed by atoms with E-state index < -0.39 is 0 Å². The van der Waals surface area contributed by atoms with E-state index in [1.54, 1.807) is 0 Å². The highest BCUT2D eigenvalue weighted by Gasteiger charge is 2.25. The van der Waals surface area contributed by atoms with E-state index in [0.29, 0.717) is 11.6 Å². The molecule has 1 aromatic heterocycles. The molecule has 24 heavy (non-hydrogen) atoms. The van der Waals surface area contributed by atoms with Crippen molar-refractivity contribution in [2.24, 2.45) is 11.7 Å². The number of halogens is 1. The number of carbonyl (C=O) groups excluding carboxylic acids is 2. The number of carbonyl (C=O) groups is 2. The minimum atomic E-state index is -0.322. The van der Waals surface area contributed by atoms with E-state index in [0.717, 1.165) is 42.5 Å². The van der Waals surface area contributed by atoms with Gasteiger partial charge in [0.15, 0.2) is 0 Å². The van der Waals surface area contributed by atoms with Crippen LogP contribution in [0.5, 0.6) is 0 Å². The number of nitrogens with zero attached hydrogens (tertiary/aromatic N) is 1. The van der Waals surface area contributed by atoms with Crippen molar-refractivity contribution in [2.75, 3.05) is 19.6 Å². The van der Waals surface area contributed by atoms with Crippen LogP contribution in [0.1, 0.15) is 18.5 Å². The molecule has 1 fully saturated rings. The van der Waals surface area contributed by atoms with Gasteiger partial charge in [0.05, 0.1) is 13.1 Å². The van der Waals surface area contributed by atoms with E-state index >= 15 is 0 Å². The van der Waals surface area contributed by atoms with Crippen LogP contribution in [0.4, 0.5) is 0 Å². The molecule has 1 aliphatic heterocycles. The van der Waals surface area contributed by atoms with Crippen LogP contribution in [0, 0.1) is 5.92 Å². The quantitative estimate of drug-likeness (QED) is 0.767. The van der Waals surface area contributed by atoms with E-state index in [1.165, 1.54) is 0 Å². The number of benzene rings is 1. The third kappa shape index (κ3) is 4.07. The molecule has 2 heterocycles. The number of primary amides is 1. The normalized spacial score (nSPS) is 16.4. The Morgan fingerprint density at radius 3 is 2.75 bits per heavy atom. The van der Waals surface area contributed by atoms with Gasteiger partial charge in [-0.25, -0.2) is 0 Å². The lowest BCUT2D eigenvalue weighted by Crippen LogP contribution is -2.43. The summed E-state index contributed by atoms with van der Waals surface area (Å²) in [5.41, 5.74) is 7.15. The Morgan fingerprint density at radius 1 is 1.29 bits per heavy atom. The van der Waals surface area contributed by atoms with Crippen LogP contribution in [0.15, 0.2) is 24.3 Å². The molecule has 0 aliphatic carbocycles. The standard InChI is InChI=1S/C17H21ClN4O2/c18-13-1-2-15-12(7-13)8-14(21-15)9-20-17(24)11-3-5-22(6-4-11)10-16(19)23/h1-2,7-8,11,21H,3-6,9-10H2,(H2,19,23)(H,20,24). The predicted octanol–water partition coefficient (Wildman–Crippen LogP) is 1.63. The zero-order valence-corrected chi connectivity index (χ0v) is 14.1. The molecule has 0 saturated carbocycles. The van der Waals surface area contributed by atoms with Crippen molar-refractivity contribution in [3.8, 4) is 0 Å². The van der Waals surface area contributed by atoms with E-state index in [-0.39, 0.29) is 24.3 Å². The molecule has 128 valence electrons. The molecule has 1 aromatic carbocycles. The molecule has 6 nitrogen and oxygen atoms in total. The Labute approximate surface area is 145 Å². The van der Waals surface area contributed by atoms with Gasteiger partial charge in [-0.3, -0.25) is 14.5 Å². The molecule has 0 spiro atoms. The monoisotopic (exact) mass is 348 g/mol. The fourth-order valence-corrected chi connectivity index (χ4v) is 3.34. The van der Waals surface area contributed by atoms with Gasteiger partial charge >= 0.3 is 0 Å². The first-order valence-corrected chi connectivity index (χ1v) is 8.44. The molecule has 1 aliphatic rings. The number of hydrogen-bond acceptors (Lipinski definition) is 3. The predicted molar refractivity (Wildman–Crippen MR) is 93.5 cm³/mol. The van der Waals surface area contributed by atoms with Gasteiger partial charge in [0, 0.05) is 27.5 Å². The van der Waals surface area contributed by atoms with Gasteiger partial charge in [-0.1, -0.05) is 11.6 Å². The first kappa shape index (κ1) is 16.8. The number of aromatic amines is 1. The zero-order valence-electron chi connectivity index (χ0n) is 13.3. The van der Waals surface area contributed by atoms with Crippen molar-refractivity contribution >= 4 is 34.3 Å². The van der Waals surface area contributed by atoms with Gasteiger partial charge in [-0.05, 0) is 50.2 Å². The molecule has 3 rings (SSSR count). The van der Waals surface area contributed by atoms with Crippen molar-refractivity contribution in [1.82, 2.24) is 15.2 Å². The molecule has 0 unspecified atom stereocenters. The molecule has 1 saturated heterocycles. The fraction of sp³-hybridized carbons (Fsp3) is 0.412. The maximum atomic E-state index is 12.3. The maximum Gasteiger partial charge on any atom is 0.231 e. The summed E-state index contributed by atoms with van der Waals surface area (Å²) in [6, 6.07) is 7.66. The zero-order chi connectivity index (χ0) is 17.1. The van der Waals surface area contributed by atoms with E-state index in [4.69, 9.17) is 17.3 Å². The van der Waals surface area contributed by atoms with Crippen LogP contribution in [-0.4, -0.2) is 41.3 Å². The van der Waals surface area contributed by atoms with Crippen molar-refractivity contribution in [3.63, 3.8) is 0 Å². The molecule has 7 heteroatoms. The van der Waals surface area contributed by atoms with E-state index in [1.807, 2.05) is 29.2 Å². The fourth-order valence-electron chi connectivity index (χ4n) is 3.16. The topological polar surface area (TPSA) is 91.2 Å². The number of rotatable bonds is 5. The highest BCUT2D eigenvalue weighted by molar-refractivity contribution is 6.31. The Kier molecular flexibility index (Phi) is 5.06. The molecule has 2 aromatic rings. The van der Waals surface area contributed by atoms with Crippen molar-refractivity contribution < 1.29 is 9.59 Å². The number of hydrogen-bond donors (Lipinski definition) is 3. The van der Waals surface area contributed by atoms with Crippen molar-refractivity contribution in [1.29, 1.82) is 0 Å². The summed E-state index contributed by atoms with van der Waals surface area (Å²) in [4.78, 5) is 28.5. The van der Waals surface area contributed by atoms with Gasteiger partial charge in [0.1, 0.15) is 0 Å². The minimum absolute atomic E-state index is 0.00653. The summed E-state index contributed by atoms with van der Waals surface area (Å²) in [5.74, 6) is -0.268. The molecular weight excluding hydrogens is 328 g/mol. The number of amides is 2. The molecule has 0 bridgehead atoms. The third-order valence-electron chi connectivity index (χ3n) is 4.43. The Morgan fingerprint density at radius 2 is 2.04 bits per heavy atom. The first-order valence-electron chi connectivity index (χ1n) is 8.07. The van der Waals surface area contributed by atoms with Gasteiger partial charge in [-0.15, -0.1) is 0 Å². The summed E-state index contributed by atoms with van der Waals surface area (Å²) < 4.78 is 0. The Hall–Kier alpha value is -2.05. The second-order valence-corrected chi connectivity index (χ2v) is 6.70. The summed E-state index contributed by atoms with van der Waals surface area (Å²) in [6.07, 6.45) is 1.50. The third-order valence-corrected chi connectivity index (χ3v) is 4.66. The molecule has 2 amide bonds. The van der Waals surface area contributed by atoms with Crippen LogP contribution in [0.3, 0.4) is 0 Å². The average Bonchev–Trinajstić information content (AvgIpc) is 2.94. The SMILES string of the molecule is NC(=O)CN1CCC(C(=O)NCc2cc3cc(Cl)ccc3[nH]2)CC1. The lowest BCUT2D eigenvalue weighted by Gasteiger charge is -2.30. The number of nitrogens with one attached hydrogen (secondary N) is 2. The second kappa shape index (κ2) is 7.23. The highest BCUT2D eigenvalue weighted by atomic mass is 35.5. The van der Waals surface area contributed by atoms with Crippen LogP contribution in [-0.2, 0) is 16.1 Å². The minimum Gasteiger partial charge on any atom is -0.369 e. The van der Waals surface area contributed by atoms with Gasteiger partial charge in [0.25, 0.3) is 0 Å². The largest absolute Gasteiger partial charge is 0.369 e. The smallest absolute Gasteiger partial charge is 0.231 e. The summed E-state index contributed by atoms with van der Waals surface area (Å²) in [6.45, 7) is 2.19. The van der Waals surface area contributed by atoms with Crippen LogP contribution in [0.2, 0.25) is 5.02 Å². The number of piperidine rings is 1. The van der Waals surface area contributed by atoms with Gasteiger partial charge in [0.2, 0.25) is 11.8 Å². The summed E-state index contributed by atoms with van der Waals surface area (Å²) in [5, 5.41) is 4.71. The number of fused-ring (bicyclic) bond motifs is 1. The number of aromatic nitrogens is 1. The first-order chi connectivity index (χ1) is 11.5. The summed E-state index contributed by atoms with van der Waals surface area (Å²) >= 11 is 5.98. The lowest BCUT2D eigenvalue weighted by molar-refractivity contribution is -0.126. The molecule has 0 radical (unpaired) electrons. The molecule has 0 atom stereocenters. The average molecular weight is 349 g/mol. The number of nitrogens with two attached hydrogens (primary N) is 1. The van der Waals surface area contributed by atoms with Crippen LogP contribution in [0.25, 0.3) is 10.9 Å². The number of H-pyrrole nitrogens is 1. The van der Waals surface area contributed by atoms with E-state index in [2.05, 4.69) is 10.3 Å². The number of likely N-dealkylation sites (tertiary alicyclic amines) is 1. The molecular formula is C17H21ClN4O2. The summed E-state index contributed by atoms with van der Waals surface area (Å²) in [7, 11) is 0. The van der Waals surface area contributed by atoms with Crippen LogP contribution >= 0.6 is 11.6 Å². The van der Waals surface area contributed by atoms with Crippen molar-refractivity contribution in [3.05, 3.63) is 35.0 Å². The highest BCUT2D eigenvalue weighted by Crippen LogP contribution is 2.21. The van der Waals surface area contributed by atoms with Gasteiger partial charge < -0.3 is 16.0 Å². The molecule has 4 N–H and O–H groups in total. The van der Waals surface area contributed by atoms with E-state index in [9.17, 15) is 9.59 Å². The Bertz CT molecular complexity index is 750. The lowest BCUT2D eigenvalue weighted by atomic mass is 9.96. The second-order valence-electron chi connectivity index (χ2n) is 6.26.